The molecule has 0 amide bonds. The number of hydrogen-bond donors (Lipinski definition) is 1. The van der Waals surface area contributed by atoms with Gasteiger partial charge in [-0.2, -0.15) is 0 Å². The maximum absolute atomic E-state index is 11.6. The van der Waals surface area contributed by atoms with E-state index in [0.29, 0.717) is 11.8 Å². The van der Waals surface area contributed by atoms with Gasteiger partial charge in [-0.05, 0) is 37.5 Å². The molecule has 4 fully saturated rings. The lowest BCUT2D eigenvalue weighted by atomic mass is 9.66. The van der Waals surface area contributed by atoms with Crippen molar-refractivity contribution in [3.63, 3.8) is 0 Å². The van der Waals surface area contributed by atoms with Crippen molar-refractivity contribution in [2.24, 2.45) is 23.5 Å². The summed E-state index contributed by atoms with van der Waals surface area (Å²) in [7, 11) is 0. The Morgan fingerprint density at radius 1 is 1.23 bits per heavy atom. The lowest BCUT2D eigenvalue weighted by Crippen LogP contribution is -2.46. The highest BCUT2D eigenvalue weighted by Gasteiger charge is 2.48. The van der Waals surface area contributed by atoms with Gasteiger partial charge in [0.15, 0.2) is 0 Å². The Morgan fingerprint density at radius 3 is 2.92 bits per heavy atom. The van der Waals surface area contributed by atoms with Crippen molar-refractivity contribution in [3.05, 3.63) is 0 Å². The highest BCUT2D eigenvalue weighted by atomic mass is 16.5. The van der Waals surface area contributed by atoms with Crippen molar-refractivity contribution in [3.8, 4) is 0 Å². The number of rotatable bonds is 0. The van der Waals surface area contributed by atoms with Crippen LogP contribution in [0.5, 0.6) is 0 Å². The van der Waals surface area contributed by atoms with Crippen LogP contribution in [0.4, 0.5) is 0 Å². The number of nitrogens with two attached hydrogens (primary N) is 1. The first-order valence-electron chi connectivity index (χ1n) is 5.20. The second-order valence-electron chi connectivity index (χ2n) is 4.81. The zero-order valence-electron chi connectivity index (χ0n) is 7.61. The third-order valence-corrected chi connectivity index (χ3v) is 3.98. The number of fused-ring (bicyclic) bond motifs is 1. The minimum absolute atomic E-state index is 0.0104. The second-order valence-corrected chi connectivity index (χ2v) is 4.81. The van der Waals surface area contributed by atoms with Gasteiger partial charge in [-0.25, -0.2) is 0 Å². The second kappa shape index (κ2) is 2.47. The summed E-state index contributed by atoms with van der Waals surface area (Å²) >= 11 is 0. The predicted octanol–water partition coefficient (Wildman–Crippen LogP) is 0.675. The normalized spacial score (nSPS) is 53.3. The van der Waals surface area contributed by atoms with Crippen LogP contribution in [-0.4, -0.2) is 18.1 Å². The Balaban J connectivity index is 1.99. The summed E-state index contributed by atoms with van der Waals surface area (Å²) in [6, 6.07) is 0.0778. The lowest BCUT2D eigenvalue weighted by Gasteiger charge is -2.40. The van der Waals surface area contributed by atoms with Crippen LogP contribution in [0.1, 0.15) is 25.7 Å². The molecule has 2 N–H and O–H groups in total. The summed E-state index contributed by atoms with van der Waals surface area (Å²) < 4.78 is 5.39. The Hall–Kier alpha value is -0.570. The summed E-state index contributed by atoms with van der Waals surface area (Å²) in [5.74, 6) is 1.24. The molecule has 5 unspecified atom stereocenters. The fourth-order valence-corrected chi connectivity index (χ4v) is 3.38. The van der Waals surface area contributed by atoms with E-state index in [0.717, 1.165) is 19.3 Å². The third kappa shape index (κ3) is 1.03. The van der Waals surface area contributed by atoms with Gasteiger partial charge in [0.1, 0.15) is 6.10 Å². The van der Waals surface area contributed by atoms with E-state index < -0.39 is 0 Å². The maximum atomic E-state index is 11.6. The molecule has 4 bridgehead atoms. The van der Waals surface area contributed by atoms with Crippen LogP contribution >= 0.6 is 0 Å². The zero-order valence-corrected chi connectivity index (χ0v) is 7.61. The van der Waals surface area contributed by atoms with Crippen LogP contribution in [0, 0.1) is 17.8 Å². The summed E-state index contributed by atoms with van der Waals surface area (Å²) in [4.78, 5) is 11.6. The molecule has 2 heterocycles. The van der Waals surface area contributed by atoms with Crippen LogP contribution in [0.2, 0.25) is 0 Å². The van der Waals surface area contributed by atoms with Crippen LogP contribution in [-0.2, 0) is 9.53 Å². The van der Waals surface area contributed by atoms with Gasteiger partial charge >= 0.3 is 5.97 Å². The Kier molecular flexibility index (Phi) is 1.48. The van der Waals surface area contributed by atoms with Gasteiger partial charge in [-0.1, -0.05) is 0 Å². The summed E-state index contributed by atoms with van der Waals surface area (Å²) in [5, 5.41) is 0. The minimum atomic E-state index is -0.0257. The van der Waals surface area contributed by atoms with Crippen molar-refractivity contribution in [2.75, 3.05) is 0 Å². The average molecular weight is 181 g/mol. The molecule has 4 aliphatic rings. The molecule has 2 saturated carbocycles. The van der Waals surface area contributed by atoms with Crippen LogP contribution in [0.25, 0.3) is 0 Å². The van der Waals surface area contributed by atoms with Crippen molar-refractivity contribution in [2.45, 2.75) is 37.8 Å². The van der Waals surface area contributed by atoms with Crippen molar-refractivity contribution in [1.82, 2.24) is 0 Å². The van der Waals surface area contributed by atoms with Crippen molar-refractivity contribution < 1.29 is 9.53 Å². The van der Waals surface area contributed by atoms with E-state index in [1.54, 1.807) is 0 Å². The largest absolute Gasteiger partial charge is 0.462 e. The van der Waals surface area contributed by atoms with Gasteiger partial charge in [0.25, 0.3) is 0 Å². The number of ether oxygens (including phenoxy) is 1. The Bertz CT molecular complexity index is 253. The standard InChI is InChI=1S/C10H15NO2/c11-9-6-1-5-2-7(4-6)13-10(12)8(9)3-5/h5-9H,1-4,11H2. The van der Waals surface area contributed by atoms with Crippen LogP contribution in [0.3, 0.4) is 0 Å². The van der Waals surface area contributed by atoms with E-state index in [-0.39, 0.29) is 24.0 Å². The van der Waals surface area contributed by atoms with Gasteiger partial charge in [-0.3, -0.25) is 4.79 Å². The molecule has 2 aliphatic heterocycles. The monoisotopic (exact) mass is 181 g/mol. The number of esters is 1. The Morgan fingerprint density at radius 2 is 2.08 bits per heavy atom. The van der Waals surface area contributed by atoms with Crippen LogP contribution in [0.15, 0.2) is 0 Å². The Labute approximate surface area is 77.6 Å². The first-order valence-corrected chi connectivity index (χ1v) is 5.20. The molecule has 0 spiro atoms. The maximum Gasteiger partial charge on any atom is 0.310 e. The predicted molar refractivity (Wildman–Crippen MR) is 46.8 cm³/mol. The van der Waals surface area contributed by atoms with E-state index in [2.05, 4.69) is 0 Å². The van der Waals surface area contributed by atoms with Crippen LogP contribution < -0.4 is 5.73 Å². The minimum Gasteiger partial charge on any atom is -0.462 e. The van der Waals surface area contributed by atoms with E-state index in [1.807, 2.05) is 0 Å². The smallest absolute Gasteiger partial charge is 0.310 e. The molecule has 13 heavy (non-hydrogen) atoms. The van der Waals surface area contributed by atoms with Gasteiger partial charge in [0.2, 0.25) is 0 Å². The molecule has 0 aromatic heterocycles. The van der Waals surface area contributed by atoms with Gasteiger partial charge in [0.05, 0.1) is 5.92 Å². The molecule has 3 nitrogen and oxygen atoms in total. The summed E-state index contributed by atoms with van der Waals surface area (Å²) in [5.41, 5.74) is 6.06. The third-order valence-electron chi connectivity index (χ3n) is 3.98. The summed E-state index contributed by atoms with van der Waals surface area (Å²) in [6.07, 6.45) is 4.50. The quantitative estimate of drug-likeness (QED) is 0.559. The van der Waals surface area contributed by atoms with Gasteiger partial charge in [-0.15, -0.1) is 0 Å². The molecule has 5 atom stereocenters. The van der Waals surface area contributed by atoms with E-state index in [9.17, 15) is 4.79 Å². The highest BCUT2D eigenvalue weighted by molar-refractivity contribution is 5.74. The number of hydrogen-bond acceptors (Lipinski definition) is 3. The number of carbonyl (C=O) groups is 1. The highest BCUT2D eigenvalue weighted by Crippen LogP contribution is 2.46. The lowest BCUT2D eigenvalue weighted by molar-refractivity contribution is -0.151. The molecular formula is C10H15NO2. The molecule has 4 rings (SSSR count). The SMILES string of the molecule is NC1C2CC3CC(C2)OC(=O)C1C3. The fraction of sp³-hybridized carbons (Fsp3) is 0.900. The topological polar surface area (TPSA) is 52.3 Å². The molecule has 0 aromatic carbocycles. The molecule has 72 valence electrons. The van der Waals surface area contributed by atoms with Gasteiger partial charge < -0.3 is 10.5 Å². The first kappa shape index (κ1) is 7.80. The molecule has 3 heteroatoms. The number of carbonyl (C=O) groups excluding carboxylic acids is 1. The molecule has 0 aromatic rings. The fourth-order valence-electron chi connectivity index (χ4n) is 3.38. The first-order chi connectivity index (χ1) is 6.24. The van der Waals surface area contributed by atoms with Crippen molar-refractivity contribution in [1.29, 1.82) is 0 Å². The molecule has 2 saturated heterocycles. The van der Waals surface area contributed by atoms with Crippen molar-refractivity contribution >= 4 is 5.97 Å². The van der Waals surface area contributed by atoms with E-state index in [1.165, 1.54) is 6.42 Å². The van der Waals surface area contributed by atoms with E-state index in [4.69, 9.17) is 10.5 Å². The van der Waals surface area contributed by atoms with Gasteiger partial charge in [0, 0.05) is 6.04 Å². The average Bonchev–Trinajstić information content (AvgIpc) is 2.24. The zero-order chi connectivity index (χ0) is 9.00. The molecule has 0 radical (unpaired) electrons. The molecular weight excluding hydrogens is 166 g/mol. The molecule has 2 aliphatic carbocycles. The van der Waals surface area contributed by atoms with E-state index >= 15 is 0 Å². The summed E-state index contributed by atoms with van der Waals surface area (Å²) in [6.45, 7) is 0.